The highest BCUT2D eigenvalue weighted by atomic mass is 16.5. The molecule has 0 saturated carbocycles. The molecule has 1 aromatic carbocycles. The molecule has 1 unspecified atom stereocenters. The minimum absolute atomic E-state index is 0.774. The van der Waals surface area contributed by atoms with Gasteiger partial charge in [-0.25, -0.2) is 0 Å². The summed E-state index contributed by atoms with van der Waals surface area (Å²) < 4.78 is 10.8. The zero-order valence-electron chi connectivity index (χ0n) is 10.7. The lowest BCUT2D eigenvalue weighted by atomic mass is 10.1. The van der Waals surface area contributed by atoms with Crippen molar-refractivity contribution in [3.63, 3.8) is 0 Å². The molecule has 0 spiro atoms. The molecule has 1 aromatic rings. The van der Waals surface area contributed by atoms with Gasteiger partial charge in [0.2, 0.25) is 0 Å². The Kier molecular flexibility index (Phi) is 4.26. The van der Waals surface area contributed by atoms with Gasteiger partial charge in [-0.05, 0) is 50.6 Å². The molecule has 1 saturated heterocycles. The van der Waals surface area contributed by atoms with E-state index in [-0.39, 0.29) is 0 Å². The van der Waals surface area contributed by atoms with Crippen molar-refractivity contribution in [2.45, 2.75) is 25.8 Å². The molecule has 0 amide bonds. The summed E-state index contributed by atoms with van der Waals surface area (Å²) in [6.45, 7) is 5.48. The van der Waals surface area contributed by atoms with Crippen molar-refractivity contribution in [2.75, 3.05) is 26.8 Å². The van der Waals surface area contributed by atoms with Crippen LogP contribution in [0.2, 0.25) is 0 Å². The van der Waals surface area contributed by atoms with Crippen molar-refractivity contribution >= 4 is 0 Å². The standard InChI is InChI=1S/C14H21NO2/c1-12-8-10-15(12)9-3-11-17-14-6-4-13(16-2)5-7-14/h4-7,12H,3,8-11H2,1-2H3. The average molecular weight is 235 g/mol. The molecule has 2 rings (SSSR count). The molecule has 17 heavy (non-hydrogen) atoms. The lowest BCUT2D eigenvalue weighted by molar-refractivity contribution is 0.0967. The molecule has 1 heterocycles. The van der Waals surface area contributed by atoms with E-state index in [1.807, 2.05) is 24.3 Å². The smallest absolute Gasteiger partial charge is 0.119 e. The van der Waals surface area contributed by atoms with Crippen molar-refractivity contribution in [3.05, 3.63) is 24.3 Å². The maximum absolute atomic E-state index is 5.68. The summed E-state index contributed by atoms with van der Waals surface area (Å²) in [5.41, 5.74) is 0. The summed E-state index contributed by atoms with van der Waals surface area (Å²) in [7, 11) is 1.67. The van der Waals surface area contributed by atoms with Gasteiger partial charge in [-0.1, -0.05) is 0 Å². The number of nitrogens with zero attached hydrogens (tertiary/aromatic N) is 1. The third-order valence-electron chi connectivity index (χ3n) is 3.38. The van der Waals surface area contributed by atoms with E-state index < -0.39 is 0 Å². The second-order valence-electron chi connectivity index (χ2n) is 4.55. The molecule has 0 aromatic heterocycles. The molecule has 94 valence electrons. The first-order valence-corrected chi connectivity index (χ1v) is 6.30. The van der Waals surface area contributed by atoms with Crippen LogP contribution in [0.4, 0.5) is 0 Å². The molecule has 3 nitrogen and oxygen atoms in total. The molecule has 0 N–H and O–H groups in total. The molecule has 1 fully saturated rings. The Balaban J connectivity index is 1.63. The maximum atomic E-state index is 5.68. The molecule has 1 atom stereocenters. The first-order valence-electron chi connectivity index (χ1n) is 6.30. The third-order valence-corrected chi connectivity index (χ3v) is 3.38. The molecule has 0 radical (unpaired) electrons. The Labute approximate surface area is 103 Å². The molecule has 0 aliphatic carbocycles. The first kappa shape index (κ1) is 12.2. The van der Waals surface area contributed by atoms with E-state index in [0.717, 1.165) is 37.1 Å². The van der Waals surface area contributed by atoms with Crippen molar-refractivity contribution in [1.29, 1.82) is 0 Å². The Bertz CT molecular complexity index is 337. The van der Waals surface area contributed by atoms with E-state index in [0.29, 0.717) is 0 Å². The van der Waals surface area contributed by atoms with Crippen molar-refractivity contribution in [1.82, 2.24) is 4.90 Å². The van der Waals surface area contributed by atoms with Crippen molar-refractivity contribution in [3.8, 4) is 11.5 Å². The topological polar surface area (TPSA) is 21.7 Å². The van der Waals surface area contributed by atoms with Crippen LogP contribution in [0.5, 0.6) is 11.5 Å². The number of hydrogen-bond acceptors (Lipinski definition) is 3. The van der Waals surface area contributed by atoms with Crippen molar-refractivity contribution in [2.24, 2.45) is 0 Å². The summed E-state index contributed by atoms with van der Waals surface area (Å²) in [6.07, 6.45) is 2.44. The van der Waals surface area contributed by atoms with Crippen molar-refractivity contribution < 1.29 is 9.47 Å². The van der Waals surface area contributed by atoms with Gasteiger partial charge >= 0.3 is 0 Å². The lowest BCUT2D eigenvalue weighted by Crippen LogP contribution is -2.46. The molecule has 3 heteroatoms. The van der Waals surface area contributed by atoms with E-state index in [4.69, 9.17) is 9.47 Å². The van der Waals surface area contributed by atoms with Gasteiger partial charge in [0.15, 0.2) is 0 Å². The van der Waals surface area contributed by atoms with Gasteiger partial charge in [0.05, 0.1) is 13.7 Å². The van der Waals surface area contributed by atoms with Gasteiger partial charge < -0.3 is 14.4 Å². The van der Waals surface area contributed by atoms with E-state index in [1.165, 1.54) is 13.0 Å². The van der Waals surface area contributed by atoms with E-state index in [9.17, 15) is 0 Å². The summed E-state index contributed by atoms with van der Waals surface area (Å²) in [4.78, 5) is 2.50. The molecule has 1 aliphatic rings. The minimum Gasteiger partial charge on any atom is -0.497 e. The largest absolute Gasteiger partial charge is 0.497 e. The molecule has 1 aliphatic heterocycles. The fourth-order valence-electron chi connectivity index (χ4n) is 2.03. The van der Waals surface area contributed by atoms with Crippen LogP contribution in [0.25, 0.3) is 0 Å². The Hall–Kier alpha value is -1.22. The number of ether oxygens (including phenoxy) is 2. The normalized spacial score (nSPS) is 19.8. The fourth-order valence-corrected chi connectivity index (χ4v) is 2.03. The fraction of sp³-hybridized carbons (Fsp3) is 0.571. The Morgan fingerprint density at radius 1 is 1.24 bits per heavy atom. The molecule has 0 bridgehead atoms. The van der Waals surface area contributed by atoms with Crippen LogP contribution in [-0.2, 0) is 0 Å². The van der Waals surface area contributed by atoms with Gasteiger partial charge in [0, 0.05) is 12.6 Å². The number of methoxy groups -OCH3 is 1. The van der Waals surface area contributed by atoms with Crippen LogP contribution >= 0.6 is 0 Å². The van der Waals surface area contributed by atoms with Gasteiger partial charge in [-0.15, -0.1) is 0 Å². The molecular weight excluding hydrogens is 214 g/mol. The number of rotatable bonds is 6. The second-order valence-corrected chi connectivity index (χ2v) is 4.55. The molecular formula is C14H21NO2. The quantitative estimate of drug-likeness (QED) is 0.707. The van der Waals surface area contributed by atoms with Crippen LogP contribution in [-0.4, -0.2) is 37.7 Å². The van der Waals surface area contributed by atoms with Gasteiger partial charge in [0.25, 0.3) is 0 Å². The predicted octanol–water partition coefficient (Wildman–Crippen LogP) is 2.56. The number of hydrogen-bond donors (Lipinski definition) is 0. The summed E-state index contributed by atoms with van der Waals surface area (Å²) in [5.74, 6) is 1.79. The summed E-state index contributed by atoms with van der Waals surface area (Å²) >= 11 is 0. The SMILES string of the molecule is COc1ccc(OCCCN2CCC2C)cc1. The highest BCUT2D eigenvalue weighted by Gasteiger charge is 2.22. The van der Waals surface area contributed by atoms with Crippen LogP contribution in [0, 0.1) is 0 Å². The van der Waals surface area contributed by atoms with Crippen LogP contribution in [0.15, 0.2) is 24.3 Å². The summed E-state index contributed by atoms with van der Waals surface area (Å²) in [6, 6.07) is 8.52. The average Bonchev–Trinajstić information content (AvgIpc) is 2.37. The highest BCUT2D eigenvalue weighted by molar-refractivity contribution is 5.31. The zero-order chi connectivity index (χ0) is 12.1. The lowest BCUT2D eigenvalue weighted by Gasteiger charge is -2.38. The second kappa shape index (κ2) is 5.92. The Morgan fingerprint density at radius 2 is 1.94 bits per heavy atom. The van der Waals surface area contributed by atoms with Gasteiger partial charge in [-0.3, -0.25) is 0 Å². The van der Waals surface area contributed by atoms with E-state index in [2.05, 4.69) is 11.8 Å². The monoisotopic (exact) mass is 235 g/mol. The van der Waals surface area contributed by atoms with Crippen LogP contribution in [0.1, 0.15) is 19.8 Å². The number of likely N-dealkylation sites (tertiary alicyclic amines) is 1. The zero-order valence-corrected chi connectivity index (χ0v) is 10.7. The summed E-state index contributed by atoms with van der Waals surface area (Å²) in [5, 5.41) is 0. The van der Waals surface area contributed by atoms with Crippen LogP contribution in [0.3, 0.4) is 0 Å². The third kappa shape index (κ3) is 3.37. The predicted molar refractivity (Wildman–Crippen MR) is 68.8 cm³/mol. The first-order chi connectivity index (χ1) is 8.29. The van der Waals surface area contributed by atoms with Gasteiger partial charge in [-0.2, -0.15) is 0 Å². The minimum atomic E-state index is 0.774. The number of benzene rings is 1. The Morgan fingerprint density at radius 3 is 2.47 bits per heavy atom. The highest BCUT2D eigenvalue weighted by Crippen LogP contribution is 2.18. The van der Waals surface area contributed by atoms with Gasteiger partial charge in [0.1, 0.15) is 11.5 Å². The van der Waals surface area contributed by atoms with E-state index in [1.54, 1.807) is 7.11 Å². The maximum Gasteiger partial charge on any atom is 0.119 e. The van der Waals surface area contributed by atoms with E-state index >= 15 is 0 Å². The van der Waals surface area contributed by atoms with Crippen LogP contribution < -0.4 is 9.47 Å².